The molecule has 0 heterocycles. The predicted molar refractivity (Wildman–Crippen MR) is 69.7 cm³/mol. The third-order valence-electron chi connectivity index (χ3n) is 2.83. The van der Waals surface area contributed by atoms with Crippen molar-refractivity contribution in [2.45, 2.75) is 52.4 Å². The second-order valence-corrected chi connectivity index (χ2v) is 7.14. The van der Waals surface area contributed by atoms with Crippen molar-refractivity contribution in [2.24, 2.45) is 5.92 Å². The summed E-state index contributed by atoms with van der Waals surface area (Å²) in [7, 11) is -3.24. The molecule has 0 amide bonds. The molecule has 4 nitrogen and oxygen atoms in total. The van der Waals surface area contributed by atoms with Gasteiger partial charge in [-0.05, 0) is 12.8 Å². The highest BCUT2D eigenvalue weighted by atomic mass is 31.2. The number of aliphatic carboxylic acids is 1. The minimum atomic E-state index is -3.24. The minimum Gasteiger partial charge on any atom is -0.481 e. The van der Waals surface area contributed by atoms with Crippen LogP contribution in [0.3, 0.4) is 0 Å². The first-order chi connectivity index (χ1) is 7.93. The summed E-state index contributed by atoms with van der Waals surface area (Å²) in [6.45, 7) is 3.93. The van der Waals surface area contributed by atoms with Gasteiger partial charge in [-0.3, -0.25) is 9.36 Å². The van der Waals surface area contributed by atoms with Gasteiger partial charge in [0.2, 0.25) is 7.37 Å². The van der Waals surface area contributed by atoms with Crippen LogP contribution in [0.4, 0.5) is 0 Å². The van der Waals surface area contributed by atoms with Crippen molar-refractivity contribution in [3.8, 4) is 0 Å². The summed E-state index contributed by atoms with van der Waals surface area (Å²) in [6, 6.07) is 0. The molecule has 2 unspecified atom stereocenters. The maximum absolute atomic E-state index is 11.7. The molecule has 0 saturated heterocycles. The van der Waals surface area contributed by atoms with E-state index in [4.69, 9.17) is 5.11 Å². The lowest BCUT2D eigenvalue weighted by Gasteiger charge is -2.16. The maximum atomic E-state index is 11.7. The third kappa shape index (κ3) is 8.39. The van der Waals surface area contributed by atoms with E-state index in [0.29, 0.717) is 12.8 Å². The third-order valence-corrected chi connectivity index (χ3v) is 4.99. The highest BCUT2D eigenvalue weighted by Crippen LogP contribution is 2.43. The van der Waals surface area contributed by atoms with E-state index in [1.165, 1.54) is 0 Å². The molecule has 2 N–H and O–H groups in total. The van der Waals surface area contributed by atoms with E-state index >= 15 is 0 Å². The number of carboxylic acid groups (broad SMARTS) is 1. The van der Waals surface area contributed by atoms with Crippen molar-refractivity contribution in [3.05, 3.63) is 0 Å². The molecule has 0 rings (SSSR count). The molecule has 17 heavy (non-hydrogen) atoms. The Morgan fingerprint density at radius 3 is 2.29 bits per heavy atom. The van der Waals surface area contributed by atoms with Crippen molar-refractivity contribution in [2.75, 3.05) is 12.3 Å². The highest BCUT2D eigenvalue weighted by Gasteiger charge is 2.27. The molecule has 0 aliphatic heterocycles. The van der Waals surface area contributed by atoms with Crippen LogP contribution in [-0.4, -0.2) is 28.3 Å². The number of hydrogen-bond acceptors (Lipinski definition) is 2. The summed E-state index contributed by atoms with van der Waals surface area (Å²) >= 11 is 0. The molecular formula is C12H25O4P. The summed E-state index contributed by atoms with van der Waals surface area (Å²) < 4.78 is 11.7. The van der Waals surface area contributed by atoms with Crippen molar-refractivity contribution >= 4 is 13.3 Å². The van der Waals surface area contributed by atoms with Crippen LogP contribution >= 0.6 is 7.37 Å². The van der Waals surface area contributed by atoms with E-state index in [-0.39, 0.29) is 12.3 Å². The number of unbranched alkanes of at least 4 members (excludes halogenated alkanes) is 3. The first-order valence-electron chi connectivity index (χ1n) is 6.46. The Kier molecular flexibility index (Phi) is 8.53. The number of rotatable bonds is 10. The molecule has 0 bridgehead atoms. The van der Waals surface area contributed by atoms with Crippen molar-refractivity contribution < 1.29 is 19.4 Å². The van der Waals surface area contributed by atoms with E-state index in [1.807, 2.05) is 6.92 Å². The van der Waals surface area contributed by atoms with Crippen LogP contribution in [0.1, 0.15) is 52.4 Å². The molecule has 0 aromatic carbocycles. The standard InChI is InChI=1S/C12H25O4P/c1-3-5-6-7-8-11(12(13)14)10-17(15,16)9-4-2/h11H,3-10H2,1-2H3,(H,13,14)(H,15,16). The van der Waals surface area contributed by atoms with Gasteiger partial charge in [-0.15, -0.1) is 0 Å². The van der Waals surface area contributed by atoms with Gasteiger partial charge in [0.05, 0.1) is 5.92 Å². The quantitative estimate of drug-likeness (QED) is 0.469. The Balaban J connectivity index is 4.15. The Bertz CT molecular complexity index is 265. The fourth-order valence-corrected chi connectivity index (χ4v) is 3.80. The van der Waals surface area contributed by atoms with Gasteiger partial charge in [-0.25, -0.2) is 0 Å². The molecule has 102 valence electrons. The Morgan fingerprint density at radius 2 is 1.82 bits per heavy atom. The zero-order valence-electron chi connectivity index (χ0n) is 10.9. The van der Waals surface area contributed by atoms with Crippen LogP contribution in [0.5, 0.6) is 0 Å². The topological polar surface area (TPSA) is 74.6 Å². The van der Waals surface area contributed by atoms with E-state index < -0.39 is 19.3 Å². The van der Waals surface area contributed by atoms with Crippen molar-refractivity contribution in [1.82, 2.24) is 0 Å². The molecular weight excluding hydrogens is 239 g/mol. The second kappa shape index (κ2) is 8.71. The van der Waals surface area contributed by atoms with Gasteiger partial charge < -0.3 is 10.00 Å². The van der Waals surface area contributed by atoms with Crippen molar-refractivity contribution in [1.29, 1.82) is 0 Å². The molecule has 0 aromatic rings. The fraction of sp³-hybridized carbons (Fsp3) is 0.917. The first-order valence-corrected chi connectivity index (χ1v) is 8.49. The number of hydrogen-bond donors (Lipinski definition) is 2. The average molecular weight is 264 g/mol. The Labute approximate surface area is 104 Å². The van der Waals surface area contributed by atoms with Crippen molar-refractivity contribution in [3.63, 3.8) is 0 Å². The van der Waals surface area contributed by atoms with Gasteiger partial charge in [-0.2, -0.15) is 0 Å². The summed E-state index contributed by atoms with van der Waals surface area (Å²) in [5.41, 5.74) is 0. The predicted octanol–water partition coefficient (Wildman–Crippen LogP) is 3.34. The van der Waals surface area contributed by atoms with Crippen LogP contribution in [0.15, 0.2) is 0 Å². The minimum absolute atomic E-state index is 0.0672. The van der Waals surface area contributed by atoms with Crippen LogP contribution in [-0.2, 0) is 9.36 Å². The molecule has 2 atom stereocenters. The lowest BCUT2D eigenvalue weighted by Crippen LogP contribution is -2.18. The molecule has 0 aromatic heterocycles. The number of carbonyl (C=O) groups is 1. The molecule has 0 spiro atoms. The van der Waals surface area contributed by atoms with Gasteiger partial charge in [0.15, 0.2) is 0 Å². The molecule has 0 aliphatic rings. The van der Waals surface area contributed by atoms with E-state index in [0.717, 1.165) is 25.7 Å². The summed E-state index contributed by atoms with van der Waals surface area (Å²) in [4.78, 5) is 20.6. The SMILES string of the molecule is CCCCCCC(CP(=O)(O)CCC)C(=O)O. The molecule has 0 aliphatic carbocycles. The zero-order chi connectivity index (χ0) is 13.3. The lowest BCUT2D eigenvalue weighted by atomic mass is 10.0. The largest absolute Gasteiger partial charge is 0.481 e. The second-order valence-electron chi connectivity index (χ2n) is 4.64. The van der Waals surface area contributed by atoms with Crippen LogP contribution in [0.2, 0.25) is 0 Å². The van der Waals surface area contributed by atoms with Gasteiger partial charge in [0, 0.05) is 12.3 Å². The Morgan fingerprint density at radius 1 is 1.18 bits per heavy atom. The van der Waals surface area contributed by atoms with Gasteiger partial charge in [0.25, 0.3) is 0 Å². The molecule has 5 heteroatoms. The fourth-order valence-electron chi connectivity index (χ4n) is 1.90. The highest BCUT2D eigenvalue weighted by molar-refractivity contribution is 7.58. The monoisotopic (exact) mass is 264 g/mol. The summed E-state index contributed by atoms with van der Waals surface area (Å²) in [5, 5.41) is 9.03. The average Bonchev–Trinajstić information content (AvgIpc) is 2.22. The van der Waals surface area contributed by atoms with E-state index in [2.05, 4.69) is 6.92 Å². The lowest BCUT2D eigenvalue weighted by molar-refractivity contribution is -0.141. The summed E-state index contributed by atoms with van der Waals surface area (Å²) in [5.74, 6) is -1.60. The zero-order valence-corrected chi connectivity index (χ0v) is 11.8. The smallest absolute Gasteiger partial charge is 0.307 e. The Hall–Kier alpha value is -0.340. The van der Waals surface area contributed by atoms with Gasteiger partial charge in [-0.1, -0.05) is 39.5 Å². The van der Waals surface area contributed by atoms with Gasteiger partial charge >= 0.3 is 5.97 Å². The molecule has 0 saturated carbocycles. The van der Waals surface area contributed by atoms with Gasteiger partial charge in [0.1, 0.15) is 0 Å². The normalized spacial score (nSPS) is 16.4. The van der Waals surface area contributed by atoms with E-state index in [1.54, 1.807) is 0 Å². The molecule has 0 fully saturated rings. The number of carboxylic acids is 1. The van der Waals surface area contributed by atoms with E-state index in [9.17, 15) is 14.3 Å². The maximum Gasteiger partial charge on any atom is 0.307 e. The molecule has 0 radical (unpaired) electrons. The van der Waals surface area contributed by atoms with Crippen LogP contribution in [0.25, 0.3) is 0 Å². The van der Waals surface area contributed by atoms with Crippen LogP contribution in [0, 0.1) is 5.92 Å². The first kappa shape index (κ1) is 16.7. The summed E-state index contributed by atoms with van der Waals surface area (Å²) in [6.07, 6.45) is 5.33. The van der Waals surface area contributed by atoms with Crippen LogP contribution < -0.4 is 0 Å².